The molecule has 0 saturated carbocycles. The van der Waals surface area contributed by atoms with Gasteiger partial charge in [0.15, 0.2) is 0 Å². The Kier molecular flexibility index (Phi) is 9.31. The lowest BCUT2D eigenvalue weighted by molar-refractivity contribution is -0.136. The fourth-order valence-corrected chi connectivity index (χ4v) is 3.62. The van der Waals surface area contributed by atoms with Crippen molar-refractivity contribution in [2.45, 2.75) is 51.0 Å². The van der Waals surface area contributed by atoms with Crippen LogP contribution < -0.4 is 5.73 Å². The molecule has 1 aromatic carbocycles. The fraction of sp³-hybridized carbons (Fsp3) is 0.524. The van der Waals surface area contributed by atoms with Crippen molar-refractivity contribution >= 4 is 23.4 Å². The summed E-state index contributed by atoms with van der Waals surface area (Å²) < 4.78 is 5.15. The van der Waals surface area contributed by atoms with Gasteiger partial charge < -0.3 is 20.5 Å². The first-order valence-electron chi connectivity index (χ1n) is 9.73. The van der Waals surface area contributed by atoms with E-state index in [0.29, 0.717) is 43.2 Å². The van der Waals surface area contributed by atoms with Gasteiger partial charge in [0.2, 0.25) is 11.8 Å². The van der Waals surface area contributed by atoms with E-state index in [1.165, 1.54) is 0 Å². The second kappa shape index (κ2) is 11.7. The van der Waals surface area contributed by atoms with Crippen LogP contribution in [0.2, 0.25) is 5.02 Å². The molecule has 1 fully saturated rings. The third-order valence-corrected chi connectivity index (χ3v) is 5.01. The molecule has 1 saturated heterocycles. The highest BCUT2D eigenvalue weighted by Gasteiger charge is 2.26. The second-order valence-corrected chi connectivity index (χ2v) is 7.53. The van der Waals surface area contributed by atoms with Gasteiger partial charge in [-0.3, -0.25) is 9.59 Å². The molecule has 154 valence electrons. The number of primary amides is 1. The molecule has 7 heteroatoms. The number of nitrogens with zero attached hydrogens (tertiary/aromatic N) is 1. The summed E-state index contributed by atoms with van der Waals surface area (Å²) in [6.45, 7) is 1.05. The number of hydrogen-bond donors (Lipinski definition) is 2. The molecule has 2 rings (SSSR count). The van der Waals surface area contributed by atoms with Gasteiger partial charge in [0.05, 0.1) is 5.76 Å². The molecule has 1 aliphatic rings. The summed E-state index contributed by atoms with van der Waals surface area (Å²) in [5, 5.41) is 10.9. The Morgan fingerprint density at radius 2 is 2.21 bits per heavy atom. The largest absolute Gasteiger partial charge is 0.512 e. The molecular weight excluding hydrogens is 380 g/mol. The van der Waals surface area contributed by atoms with E-state index in [2.05, 4.69) is 0 Å². The quantitative estimate of drug-likeness (QED) is 0.433. The van der Waals surface area contributed by atoms with Crippen molar-refractivity contribution in [3.8, 4) is 0 Å². The Hall–Kier alpha value is -2.05. The van der Waals surface area contributed by atoms with E-state index in [4.69, 9.17) is 22.1 Å². The number of aliphatic hydroxyl groups excluding tert-OH is 1. The third kappa shape index (κ3) is 7.90. The van der Waals surface area contributed by atoms with Crippen LogP contribution in [0, 0.1) is 0 Å². The molecule has 0 spiro atoms. The van der Waals surface area contributed by atoms with Crippen molar-refractivity contribution in [1.29, 1.82) is 0 Å². The Morgan fingerprint density at radius 1 is 1.39 bits per heavy atom. The van der Waals surface area contributed by atoms with Crippen molar-refractivity contribution in [1.82, 2.24) is 4.90 Å². The van der Waals surface area contributed by atoms with Crippen molar-refractivity contribution in [2.24, 2.45) is 5.73 Å². The summed E-state index contributed by atoms with van der Waals surface area (Å²) in [6.07, 6.45) is 6.84. The molecule has 0 unspecified atom stereocenters. The highest BCUT2D eigenvalue weighted by Crippen LogP contribution is 2.23. The number of carbonyl (C=O) groups excluding carboxylic acids is 2. The maximum absolute atomic E-state index is 12.3. The first-order chi connectivity index (χ1) is 13.5. The number of amides is 2. The van der Waals surface area contributed by atoms with Gasteiger partial charge >= 0.3 is 0 Å². The number of nitrogens with two attached hydrogens (primary N) is 1. The standard InChI is InChI=1S/C21H29ClN2O4/c22-17-6-3-5-16(13-17)14-19(25)10-9-18-7-4-8-21(27)24(18)11-1-2-12-28-15-20(23)26/h3,5-6,10,13,18,25H,1-2,4,7-9,11-12,14-15H2,(H2,23,26)/b19-10-/t18-/m1/s1. The third-order valence-electron chi connectivity index (χ3n) is 4.77. The predicted octanol–water partition coefficient (Wildman–Crippen LogP) is 3.38. The summed E-state index contributed by atoms with van der Waals surface area (Å²) >= 11 is 5.98. The van der Waals surface area contributed by atoms with E-state index in [0.717, 1.165) is 31.2 Å². The van der Waals surface area contributed by atoms with Gasteiger partial charge in [-0.2, -0.15) is 0 Å². The van der Waals surface area contributed by atoms with Crippen molar-refractivity contribution in [3.63, 3.8) is 0 Å². The molecule has 3 N–H and O–H groups in total. The fourth-order valence-electron chi connectivity index (χ4n) is 3.40. The molecular formula is C21H29ClN2O4. The number of benzene rings is 1. The highest BCUT2D eigenvalue weighted by atomic mass is 35.5. The molecule has 0 aromatic heterocycles. The number of carbonyl (C=O) groups is 2. The van der Waals surface area contributed by atoms with Crippen molar-refractivity contribution < 1.29 is 19.4 Å². The van der Waals surface area contributed by atoms with Crippen LogP contribution >= 0.6 is 11.6 Å². The van der Waals surface area contributed by atoms with Crippen LogP contribution in [0.25, 0.3) is 0 Å². The van der Waals surface area contributed by atoms with Crippen LogP contribution in [0.3, 0.4) is 0 Å². The van der Waals surface area contributed by atoms with Crippen LogP contribution in [-0.4, -0.2) is 47.6 Å². The van der Waals surface area contributed by atoms with Gasteiger partial charge in [-0.05, 0) is 55.9 Å². The molecule has 1 aliphatic heterocycles. The number of unbranched alkanes of at least 4 members (excludes halogenated alkanes) is 1. The summed E-state index contributed by atoms with van der Waals surface area (Å²) in [7, 11) is 0. The number of allylic oxidation sites excluding steroid dienone is 1. The highest BCUT2D eigenvalue weighted by molar-refractivity contribution is 6.30. The minimum absolute atomic E-state index is 0.0675. The Morgan fingerprint density at radius 3 is 2.96 bits per heavy atom. The smallest absolute Gasteiger partial charge is 0.243 e. The lowest BCUT2D eigenvalue weighted by Crippen LogP contribution is -2.44. The molecule has 1 aromatic rings. The van der Waals surface area contributed by atoms with E-state index in [1.807, 2.05) is 29.2 Å². The Labute approximate surface area is 171 Å². The summed E-state index contributed by atoms with van der Waals surface area (Å²) in [5.74, 6) is -0.0206. The lowest BCUT2D eigenvalue weighted by atomic mass is 9.97. The van der Waals surface area contributed by atoms with E-state index < -0.39 is 5.91 Å². The molecule has 1 heterocycles. The van der Waals surface area contributed by atoms with Gasteiger partial charge in [0.25, 0.3) is 0 Å². The average molecular weight is 409 g/mol. The summed E-state index contributed by atoms with van der Waals surface area (Å²) in [4.78, 5) is 24.9. The van der Waals surface area contributed by atoms with E-state index in [1.54, 1.807) is 6.07 Å². The molecule has 28 heavy (non-hydrogen) atoms. The molecule has 0 bridgehead atoms. The second-order valence-electron chi connectivity index (χ2n) is 7.10. The number of piperidine rings is 1. The maximum Gasteiger partial charge on any atom is 0.243 e. The molecule has 6 nitrogen and oxygen atoms in total. The van der Waals surface area contributed by atoms with Crippen LogP contribution in [0.4, 0.5) is 0 Å². The predicted molar refractivity (Wildman–Crippen MR) is 109 cm³/mol. The molecule has 2 amide bonds. The van der Waals surface area contributed by atoms with Gasteiger partial charge in [-0.1, -0.05) is 23.7 Å². The van der Waals surface area contributed by atoms with Crippen molar-refractivity contribution in [3.05, 3.63) is 46.7 Å². The Bertz CT molecular complexity index is 693. The monoisotopic (exact) mass is 408 g/mol. The van der Waals surface area contributed by atoms with Crippen LogP contribution in [0.5, 0.6) is 0 Å². The number of halogens is 1. The zero-order valence-corrected chi connectivity index (χ0v) is 16.9. The maximum atomic E-state index is 12.3. The lowest BCUT2D eigenvalue weighted by Gasteiger charge is -2.35. The number of aliphatic hydroxyl groups is 1. The van der Waals surface area contributed by atoms with Crippen LogP contribution in [0.15, 0.2) is 36.1 Å². The van der Waals surface area contributed by atoms with E-state index in [9.17, 15) is 14.7 Å². The number of hydrogen-bond acceptors (Lipinski definition) is 4. The SMILES string of the molecule is NC(=O)COCCCCN1C(=O)CCC[C@@H]1C/C=C(\O)Cc1cccc(Cl)c1. The number of rotatable bonds is 11. The molecule has 0 aliphatic carbocycles. The van der Waals surface area contributed by atoms with Crippen molar-refractivity contribution in [2.75, 3.05) is 19.8 Å². The zero-order valence-electron chi connectivity index (χ0n) is 16.1. The van der Waals surface area contributed by atoms with Gasteiger partial charge in [0, 0.05) is 37.1 Å². The van der Waals surface area contributed by atoms with Gasteiger partial charge in [-0.15, -0.1) is 0 Å². The normalized spacial score (nSPS) is 17.8. The van der Waals surface area contributed by atoms with Crippen LogP contribution in [-0.2, 0) is 20.7 Å². The van der Waals surface area contributed by atoms with E-state index in [-0.39, 0.29) is 18.6 Å². The Balaban J connectivity index is 1.81. The summed E-state index contributed by atoms with van der Waals surface area (Å²) in [5.41, 5.74) is 5.98. The molecule has 1 atom stereocenters. The molecule has 0 radical (unpaired) electrons. The first-order valence-corrected chi connectivity index (χ1v) is 10.1. The van der Waals surface area contributed by atoms with E-state index >= 15 is 0 Å². The first kappa shape index (κ1) is 22.2. The van der Waals surface area contributed by atoms with Gasteiger partial charge in [0.1, 0.15) is 6.61 Å². The number of likely N-dealkylation sites (tertiary alicyclic amines) is 1. The number of ether oxygens (including phenoxy) is 1. The average Bonchev–Trinajstić information content (AvgIpc) is 2.64. The minimum Gasteiger partial charge on any atom is -0.512 e. The minimum atomic E-state index is -0.476. The topological polar surface area (TPSA) is 92.9 Å². The zero-order chi connectivity index (χ0) is 20.4. The summed E-state index contributed by atoms with van der Waals surface area (Å²) in [6, 6.07) is 7.53. The van der Waals surface area contributed by atoms with Gasteiger partial charge in [-0.25, -0.2) is 0 Å². The van der Waals surface area contributed by atoms with Crippen LogP contribution in [0.1, 0.15) is 44.1 Å².